The van der Waals surface area contributed by atoms with Crippen LogP contribution >= 0.6 is 0 Å². The van der Waals surface area contributed by atoms with Crippen molar-refractivity contribution in [2.24, 2.45) is 5.73 Å². The lowest BCUT2D eigenvalue weighted by Crippen LogP contribution is -2.36. The molecule has 0 amide bonds. The SMILES string of the molecule is CCOOCC(CC)NCCN. The second-order valence-electron chi connectivity index (χ2n) is 2.54. The summed E-state index contributed by atoms with van der Waals surface area (Å²) in [5.41, 5.74) is 5.35. The van der Waals surface area contributed by atoms with Crippen LogP contribution in [0.4, 0.5) is 0 Å². The van der Waals surface area contributed by atoms with Crippen molar-refractivity contribution >= 4 is 0 Å². The maximum Gasteiger partial charge on any atom is 0.0975 e. The molecule has 3 N–H and O–H groups in total. The van der Waals surface area contributed by atoms with E-state index >= 15 is 0 Å². The fourth-order valence-corrected chi connectivity index (χ4v) is 0.822. The quantitative estimate of drug-likeness (QED) is 0.317. The van der Waals surface area contributed by atoms with Crippen LogP contribution in [0.2, 0.25) is 0 Å². The Balaban J connectivity index is 3.26. The number of nitrogens with one attached hydrogen (secondary N) is 1. The maximum absolute atomic E-state index is 5.35. The van der Waals surface area contributed by atoms with Gasteiger partial charge in [0, 0.05) is 19.1 Å². The maximum atomic E-state index is 5.35. The third kappa shape index (κ3) is 6.54. The molecule has 0 aliphatic rings. The van der Waals surface area contributed by atoms with Crippen LogP contribution in [0.25, 0.3) is 0 Å². The lowest BCUT2D eigenvalue weighted by Gasteiger charge is -2.15. The highest BCUT2D eigenvalue weighted by Crippen LogP contribution is 1.91. The molecule has 0 radical (unpaired) electrons. The van der Waals surface area contributed by atoms with Gasteiger partial charge in [-0.15, -0.1) is 0 Å². The smallest absolute Gasteiger partial charge is 0.0975 e. The number of hydrogen-bond donors (Lipinski definition) is 2. The van der Waals surface area contributed by atoms with Crippen molar-refractivity contribution in [3.63, 3.8) is 0 Å². The minimum absolute atomic E-state index is 0.347. The second kappa shape index (κ2) is 8.93. The normalized spacial score (nSPS) is 13.2. The van der Waals surface area contributed by atoms with Gasteiger partial charge in [0.25, 0.3) is 0 Å². The molecule has 1 atom stereocenters. The summed E-state index contributed by atoms with van der Waals surface area (Å²) in [4.78, 5) is 9.70. The van der Waals surface area contributed by atoms with Gasteiger partial charge in [-0.3, -0.25) is 0 Å². The average molecular weight is 176 g/mol. The van der Waals surface area contributed by atoms with Crippen LogP contribution < -0.4 is 11.1 Å². The first-order valence-corrected chi connectivity index (χ1v) is 4.53. The van der Waals surface area contributed by atoms with Crippen molar-refractivity contribution in [1.29, 1.82) is 0 Å². The minimum atomic E-state index is 0.347. The number of hydrogen-bond acceptors (Lipinski definition) is 4. The van der Waals surface area contributed by atoms with Crippen LogP contribution in [-0.4, -0.2) is 32.3 Å². The molecule has 0 aromatic heterocycles. The fourth-order valence-electron chi connectivity index (χ4n) is 0.822. The molecule has 0 rings (SSSR count). The molecule has 12 heavy (non-hydrogen) atoms. The molecule has 0 aromatic rings. The third-order valence-corrected chi connectivity index (χ3v) is 1.54. The van der Waals surface area contributed by atoms with Gasteiger partial charge in [0.15, 0.2) is 0 Å². The van der Waals surface area contributed by atoms with E-state index in [1.54, 1.807) is 0 Å². The van der Waals surface area contributed by atoms with Crippen molar-refractivity contribution in [3.05, 3.63) is 0 Å². The van der Waals surface area contributed by atoms with E-state index in [2.05, 4.69) is 12.2 Å². The van der Waals surface area contributed by atoms with Crippen molar-refractivity contribution < 1.29 is 9.78 Å². The van der Waals surface area contributed by atoms with E-state index in [-0.39, 0.29) is 0 Å². The Bertz CT molecular complexity index is 91.1. The zero-order valence-electron chi connectivity index (χ0n) is 8.01. The molecule has 0 aliphatic heterocycles. The zero-order valence-corrected chi connectivity index (χ0v) is 8.01. The standard InChI is InChI=1S/C8H20N2O2/c1-3-8(10-6-5-9)7-12-11-4-2/h8,10H,3-7,9H2,1-2H3. The first-order valence-electron chi connectivity index (χ1n) is 4.53. The van der Waals surface area contributed by atoms with Crippen LogP contribution in [0.5, 0.6) is 0 Å². The van der Waals surface area contributed by atoms with E-state index in [1.807, 2.05) is 6.92 Å². The Morgan fingerprint density at radius 2 is 2.08 bits per heavy atom. The second-order valence-corrected chi connectivity index (χ2v) is 2.54. The van der Waals surface area contributed by atoms with Crippen molar-refractivity contribution in [3.8, 4) is 0 Å². The van der Waals surface area contributed by atoms with E-state index in [0.717, 1.165) is 13.0 Å². The highest BCUT2D eigenvalue weighted by molar-refractivity contribution is 4.62. The summed E-state index contributed by atoms with van der Waals surface area (Å²) in [6.07, 6.45) is 1.02. The highest BCUT2D eigenvalue weighted by Gasteiger charge is 2.04. The summed E-state index contributed by atoms with van der Waals surface area (Å²) in [6, 6.07) is 0.347. The topological polar surface area (TPSA) is 56.5 Å². The number of nitrogens with two attached hydrogens (primary N) is 1. The molecule has 0 saturated heterocycles. The molecule has 4 nitrogen and oxygen atoms in total. The van der Waals surface area contributed by atoms with Gasteiger partial charge in [-0.05, 0) is 13.3 Å². The van der Waals surface area contributed by atoms with E-state index in [4.69, 9.17) is 15.5 Å². The van der Waals surface area contributed by atoms with Crippen LogP contribution in [0, 0.1) is 0 Å². The first kappa shape index (κ1) is 11.8. The Morgan fingerprint density at radius 3 is 2.58 bits per heavy atom. The van der Waals surface area contributed by atoms with Gasteiger partial charge < -0.3 is 11.1 Å². The van der Waals surface area contributed by atoms with Gasteiger partial charge in [0.05, 0.1) is 13.2 Å². The molecule has 0 fully saturated rings. The summed E-state index contributed by atoms with van der Waals surface area (Å²) in [5, 5.41) is 3.25. The van der Waals surface area contributed by atoms with Gasteiger partial charge in [-0.1, -0.05) is 6.92 Å². The molecule has 0 spiro atoms. The molecule has 0 heterocycles. The summed E-state index contributed by atoms with van der Waals surface area (Å²) in [5.74, 6) is 0. The molecule has 74 valence electrons. The Morgan fingerprint density at radius 1 is 1.33 bits per heavy atom. The summed E-state index contributed by atoms with van der Waals surface area (Å²) < 4.78 is 0. The van der Waals surface area contributed by atoms with Crippen LogP contribution in [0.15, 0.2) is 0 Å². The monoisotopic (exact) mass is 176 g/mol. The average Bonchev–Trinajstić information content (AvgIpc) is 2.11. The zero-order chi connectivity index (χ0) is 9.23. The van der Waals surface area contributed by atoms with Gasteiger partial charge in [-0.25, -0.2) is 9.78 Å². The molecule has 0 aromatic carbocycles. The van der Waals surface area contributed by atoms with Crippen molar-refractivity contribution in [2.75, 3.05) is 26.3 Å². The number of rotatable bonds is 8. The third-order valence-electron chi connectivity index (χ3n) is 1.54. The lowest BCUT2D eigenvalue weighted by atomic mass is 10.2. The molecule has 0 saturated carbocycles. The molecule has 1 unspecified atom stereocenters. The van der Waals surface area contributed by atoms with Crippen LogP contribution in [0.1, 0.15) is 20.3 Å². The molecular formula is C8H20N2O2. The van der Waals surface area contributed by atoms with E-state index in [0.29, 0.717) is 25.8 Å². The van der Waals surface area contributed by atoms with Gasteiger partial charge >= 0.3 is 0 Å². The fraction of sp³-hybridized carbons (Fsp3) is 1.00. The Hall–Kier alpha value is -0.160. The predicted octanol–water partition coefficient (Wildman–Crippen LogP) is 0.281. The van der Waals surface area contributed by atoms with Crippen LogP contribution in [0.3, 0.4) is 0 Å². The van der Waals surface area contributed by atoms with E-state index < -0.39 is 0 Å². The van der Waals surface area contributed by atoms with Gasteiger partial charge in [-0.2, -0.15) is 0 Å². The highest BCUT2D eigenvalue weighted by atomic mass is 17.2. The molecule has 4 heteroatoms. The van der Waals surface area contributed by atoms with Crippen LogP contribution in [-0.2, 0) is 9.78 Å². The summed E-state index contributed by atoms with van der Waals surface area (Å²) >= 11 is 0. The Labute approximate surface area is 74.3 Å². The molecule has 0 bridgehead atoms. The molecular weight excluding hydrogens is 156 g/mol. The van der Waals surface area contributed by atoms with Crippen molar-refractivity contribution in [2.45, 2.75) is 26.3 Å². The van der Waals surface area contributed by atoms with Gasteiger partial charge in [0.2, 0.25) is 0 Å². The summed E-state index contributed by atoms with van der Waals surface area (Å²) in [6.45, 7) is 6.66. The van der Waals surface area contributed by atoms with Crippen molar-refractivity contribution in [1.82, 2.24) is 5.32 Å². The van der Waals surface area contributed by atoms with E-state index in [9.17, 15) is 0 Å². The van der Waals surface area contributed by atoms with Gasteiger partial charge in [0.1, 0.15) is 0 Å². The Kier molecular flexibility index (Phi) is 8.81. The lowest BCUT2D eigenvalue weighted by molar-refractivity contribution is -0.294. The summed E-state index contributed by atoms with van der Waals surface area (Å²) in [7, 11) is 0. The van der Waals surface area contributed by atoms with E-state index in [1.165, 1.54) is 0 Å². The minimum Gasteiger partial charge on any atom is -0.329 e. The molecule has 0 aliphatic carbocycles. The predicted molar refractivity (Wildman–Crippen MR) is 48.7 cm³/mol. The largest absolute Gasteiger partial charge is 0.329 e. The first-order chi connectivity index (χ1) is 5.85.